The smallest absolute Gasteiger partial charge is 0.256 e. The maximum absolute atomic E-state index is 12.7. The summed E-state index contributed by atoms with van der Waals surface area (Å²) >= 11 is 1.65. The Hall–Kier alpha value is -2.11. The highest BCUT2D eigenvalue weighted by molar-refractivity contribution is 7.99. The predicted octanol–water partition coefficient (Wildman–Crippen LogP) is 4.41. The Kier molecular flexibility index (Phi) is 5.89. The number of ketones is 1. The summed E-state index contributed by atoms with van der Waals surface area (Å²) in [5, 5.41) is 2.89. The van der Waals surface area contributed by atoms with Gasteiger partial charge >= 0.3 is 0 Å². The van der Waals surface area contributed by atoms with Crippen molar-refractivity contribution in [2.75, 3.05) is 17.7 Å². The number of nitrogens with one attached hydrogen (secondary N) is 1. The molecule has 3 rings (SSSR count). The quantitative estimate of drug-likeness (QED) is 0.616. The molecule has 2 aromatic rings. The zero-order valence-electron chi connectivity index (χ0n) is 14.2. The van der Waals surface area contributed by atoms with Crippen molar-refractivity contribution >= 4 is 29.1 Å². The van der Waals surface area contributed by atoms with Crippen molar-refractivity contribution in [3.8, 4) is 0 Å². The first-order valence-electron chi connectivity index (χ1n) is 8.39. The molecule has 2 aromatic carbocycles. The van der Waals surface area contributed by atoms with Crippen LogP contribution in [-0.2, 0) is 4.74 Å². The van der Waals surface area contributed by atoms with Crippen LogP contribution in [0.3, 0.4) is 0 Å². The summed E-state index contributed by atoms with van der Waals surface area (Å²) in [4.78, 5) is 25.1. The van der Waals surface area contributed by atoms with Crippen LogP contribution in [0.25, 0.3) is 0 Å². The largest absolute Gasteiger partial charge is 0.377 e. The molecule has 1 heterocycles. The molecule has 1 N–H and O–H groups in total. The van der Waals surface area contributed by atoms with Crippen molar-refractivity contribution in [2.24, 2.45) is 0 Å². The maximum Gasteiger partial charge on any atom is 0.256 e. The first-order chi connectivity index (χ1) is 12.1. The van der Waals surface area contributed by atoms with Gasteiger partial charge < -0.3 is 10.1 Å². The average Bonchev–Trinajstić information content (AvgIpc) is 3.14. The van der Waals surface area contributed by atoms with Crippen LogP contribution in [0.1, 0.15) is 40.5 Å². The van der Waals surface area contributed by atoms with E-state index in [2.05, 4.69) is 5.32 Å². The molecule has 0 unspecified atom stereocenters. The molecule has 0 aliphatic carbocycles. The Morgan fingerprint density at radius 1 is 1.20 bits per heavy atom. The molecule has 0 aromatic heterocycles. The number of rotatable bonds is 6. The molecule has 1 aliphatic rings. The number of hydrogen-bond donors (Lipinski definition) is 1. The molecule has 0 radical (unpaired) electrons. The van der Waals surface area contributed by atoms with Gasteiger partial charge in [-0.1, -0.05) is 24.3 Å². The van der Waals surface area contributed by atoms with Crippen LogP contribution >= 0.6 is 11.8 Å². The third-order valence-electron chi connectivity index (χ3n) is 4.11. The highest BCUT2D eigenvalue weighted by Gasteiger charge is 2.18. The van der Waals surface area contributed by atoms with Crippen LogP contribution in [0.4, 0.5) is 5.69 Å². The molecule has 1 atom stereocenters. The van der Waals surface area contributed by atoms with Gasteiger partial charge in [-0.3, -0.25) is 9.59 Å². The number of thioether (sulfide) groups is 1. The number of amides is 1. The number of carbonyl (C=O) groups is 2. The van der Waals surface area contributed by atoms with Gasteiger partial charge in [0, 0.05) is 28.5 Å². The molecule has 1 amide bonds. The van der Waals surface area contributed by atoms with E-state index in [4.69, 9.17) is 4.74 Å². The minimum Gasteiger partial charge on any atom is -0.377 e. The standard InChI is InChI=1S/C20H21NO3S/c1-14(22)15-6-4-7-16(12-15)21-20(23)18-9-2-3-10-19(18)25-13-17-8-5-11-24-17/h2-4,6-7,9-10,12,17H,5,8,11,13H2,1H3,(H,21,23)/t17-/m0/s1. The fraction of sp³-hybridized carbons (Fsp3) is 0.300. The van der Waals surface area contributed by atoms with Crippen molar-refractivity contribution < 1.29 is 14.3 Å². The molecule has 5 heteroatoms. The second-order valence-corrected chi connectivity index (χ2v) is 7.10. The number of benzene rings is 2. The molecule has 1 saturated heterocycles. The molecule has 0 spiro atoms. The zero-order chi connectivity index (χ0) is 17.6. The van der Waals surface area contributed by atoms with E-state index >= 15 is 0 Å². The summed E-state index contributed by atoms with van der Waals surface area (Å²) < 4.78 is 5.65. The van der Waals surface area contributed by atoms with Gasteiger partial charge in [-0.2, -0.15) is 0 Å². The minimum atomic E-state index is -0.170. The van der Waals surface area contributed by atoms with Gasteiger partial charge in [-0.15, -0.1) is 11.8 Å². The summed E-state index contributed by atoms with van der Waals surface area (Å²) in [6.07, 6.45) is 2.47. The molecule has 130 valence electrons. The lowest BCUT2D eigenvalue weighted by Gasteiger charge is -2.12. The predicted molar refractivity (Wildman–Crippen MR) is 101 cm³/mol. The fourth-order valence-electron chi connectivity index (χ4n) is 2.75. The molecule has 25 heavy (non-hydrogen) atoms. The Morgan fingerprint density at radius 2 is 2.04 bits per heavy atom. The van der Waals surface area contributed by atoms with Gasteiger partial charge in [0.05, 0.1) is 11.7 Å². The van der Waals surface area contributed by atoms with Gasteiger partial charge in [0.15, 0.2) is 5.78 Å². The molecule has 0 bridgehead atoms. The van der Waals surface area contributed by atoms with E-state index in [1.807, 2.05) is 24.3 Å². The van der Waals surface area contributed by atoms with E-state index in [1.165, 1.54) is 6.92 Å². The van der Waals surface area contributed by atoms with Crippen molar-refractivity contribution in [3.05, 3.63) is 59.7 Å². The minimum absolute atomic E-state index is 0.0244. The highest BCUT2D eigenvalue weighted by atomic mass is 32.2. The monoisotopic (exact) mass is 355 g/mol. The maximum atomic E-state index is 12.7. The topological polar surface area (TPSA) is 55.4 Å². The SMILES string of the molecule is CC(=O)c1cccc(NC(=O)c2ccccc2SC[C@@H]2CCCO2)c1. The van der Waals surface area contributed by atoms with Gasteiger partial charge in [0.25, 0.3) is 5.91 Å². The van der Waals surface area contributed by atoms with E-state index in [-0.39, 0.29) is 17.8 Å². The van der Waals surface area contributed by atoms with Crippen molar-refractivity contribution in [1.29, 1.82) is 0 Å². The van der Waals surface area contributed by atoms with Gasteiger partial charge in [0.2, 0.25) is 0 Å². The molecule has 1 fully saturated rings. The Balaban J connectivity index is 1.71. The molecular formula is C20H21NO3S. The molecule has 1 aliphatic heterocycles. The van der Waals surface area contributed by atoms with Gasteiger partial charge in [-0.25, -0.2) is 0 Å². The lowest BCUT2D eigenvalue weighted by Crippen LogP contribution is -2.14. The second kappa shape index (κ2) is 8.32. The van der Waals surface area contributed by atoms with Gasteiger partial charge in [0.1, 0.15) is 0 Å². The van der Waals surface area contributed by atoms with Crippen LogP contribution in [0.2, 0.25) is 0 Å². The van der Waals surface area contributed by atoms with Crippen LogP contribution in [-0.4, -0.2) is 30.2 Å². The zero-order valence-corrected chi connectivity index (χ0v) is 15.0. The Labute approximate surface area is 152 Å². The lowest BCUT2D eigenvalue weighted by atomic mass is 10.1. The van der Waals surface area contributed by atoms with E-state index in [0.717, 1.165) is 30.1 Å². The first kappa shape index (κ1) is 17.7. The summed E-state index contributed by atoms with van der Waals surface area (Å²) in [7, 11) is 0. The molecule has 4 nitrogen and oxygen atoms in total. The van der Waals surface area contributed by atoms with Crippen LogP contribution < -0.4 is 5.32 Å². The second-order valence-electron chi connectivity index (χ2n) is 6.03. The van der Waals surface area contributed by atoms with Crippen molar-refractivity contribution in [2.45, 2.75) is 30.8 Å². The summed E-state index contributed by atoms with van der Waals surface area (Å²) in [6.45, 7) is 2.35. The first-order valence-corrected chi connectivity index (χ1v) is 9.38. The third kappa shape index (κ3) is 4.71. The Morgan fingerprint density at radius 3 is 2.80 bits per heavy atom. The van der Waals surface area contributed by atoms with E-state index in [0.29, 0.717) is 16.8 Å². The lowest BCUT2D eigenvalue weighted by molar-refractivity contribution is 0.101. The van der Waals surface area contributed by atoms with E-state index < -0.39 is 0 Å². The van der Waals surface area contributed by atoms with Crippen LogP contribution in [0.5, 0.6) is 0 Å². The summed E-state index contributed by atoms with van der Waals surface area (Å²) in [6, 6.07) is 14.6. The number of ether oxygens (including phenoxy) is 1. The highest BCUT2D eigenvalue weighted by Crippen LogP contribution is 2.27. The number of Topliss-reactive ketones (excluding diaryl/α,β-unsaturated/α-hetero) is 1. The average molecular weight is 355 g/mol. The third-order valence-corrected chi connectivity index (χ3v) is 5.31. The number of anilines is 1. The summed E-state index contributed by atoms with van der Waals surface area (Å²) in [5.41, 5.74) is 1.84. The van der Waals surface area contributed by atoms with Crippen molar-refractivity contribution in [1.82, 2.24) is 0 Å². The Bertz CT molecular complexity index is 769. The van der Waals surface area contributed by atoms with Gasteiger partial charge in [-0.05, 0) is 44.0 Å². The van der Waals surface area contributed by atoms with E-state index in [9.17, 15) is 9.59 Å². The van der Waals surface area contributed by atoms with Crippen molar-refractivity contribution in [3.63, 3.8) is 0 Å². The molecule has 0 saturated carbocycles. The van der Waals surface area contributed by atoms with Crippen LogP contribution in [0, 0.1) is 0 Å². The number of carbonyl (C=O) groups excluding carboxylic acids is 2. The normalized spacial score (nSPS) is 16.6. The summed E-state index contributed by atoms with van der Waals surface area (Å²) in [5.74, 6) is 0.657. The fourth-order valence-corrected chi connectivity index (χ4v) is 3.87. The number of hydrogen-bond acceptors (Lipinski definition) is 4. The molecular weight excluding hydrogens is 334 g/mol. The van der Waals surface area contributed by atoms with Crippen LogP contribution in [0.15, 0.2) is 53.4 Å². The van der Waals surface area contributed by atoms with E-state index in [1.54, 1.807) is 36.0 Å².